The van der Waals surface area contributed by atoms with Gasteiger partial charge in [0.2, 0.25) is 0 Å². The van der Waals surface area contributed by atoms with E-state index in [0.717, 1.165) is 18.5 Å². The summed E-state index contributed by atoms with van der Waals surface area (Å²) in [5, 5.41) is 17.6. The molecule has 30 heavy (non-hydrogen) atoms. The Hall–Kier alpha value is -2.44. The Morgan fingerprint density at radius 1 is 0.900 bits per heavy atom. The average molecular weight is 413 g/mol. The van der Waals surface area contributed by atoms with Crippen LogP contribution in [0.25, 0.3) is 10.8 Å². The maximum atomic E-state index is 9.10. The fourth-order valence-electron chi connectivity index (χ4n) is 4.76. The van der Waals surface area contributed by atoms with Gasteiger partial charge in [0, 0.05) is 38.8 Å². The number of benzene rings is 2. The van der Waals surface area contributed by atoms with Crippen molar-refractivity contribution in [3.8, 4) is 0 Å². The third kappa shape index (κ3) is 5.80. The second-order valence-corrected chi connectivity index (χ2v) is 8.39. The number of aliphatic carboxylic acids is 2. The number of fused-ring (bicyclic) bond motifs is 1. The molecular formula is C24H32N2O4. The zero-order valence-corrected chi connectivity index (χ0v) is 17.7. The monoisotopic (exact) mass is 412 g/mol. The second kappa shape index (κ2) is 10.5. The Labute approximate surface area is 178 Å². The molecule has 4 rings (SSSR count). The van der Waals surface area contributed by atoms with Crippen LogP contribution in [0.15, 0.2) is 42.5 Å². The Bertz CT molecular complexity index is 844. The Balaban J connectivity index is 0.000000377. The average Bonchev–Trinajstić information content (AvgIpc) is 2.75. The summed E-state index contributed by atoms with van der Waals surface area (Å²) in [6.07, 6.45) is 5.73. The van der Waals surface area contributed by atoms with Crippen molar-refractivity contribution in [3.63, 3.8) is 0 Å². The van der Waals surface area contributed by atoms with Crippen molar-refractivity contribution >= 4 is 22.7 Å². The molecule has 1 aliphatic heterocycles. The van der Waals surface area contributed by atoms with E-state index in [-0.39, 0.29) is 0 Å². The molecule has 0 radical (unpaired) electrons. The van der Waals surface area contributed by atoms with E-state index in [9.17, 15) is 0 Å². The van der Waals surface area contributed by atoms with Crippen molar-refractivity contribution < 1.29 is 19.8 Å². The van der Waals surface area contributed by atoms with Crippen LogP contribution in [-0.4, -0.2) is 64.2 Å². The SMILES string of the molecule is CC1CCCCC1N1CCN(Cc2cccc3ccccc23)CC1.O=C(O)C(=O)O. The van der Waals surface area contributed by atoms with Gasteiger partial charge in [0.25, 0.3) is 0 Å². The minimum Gasteiger partial charge on any atom is -0.473 e. The predicted molar refractivity (Wildman–Crippen MR) is 117 cm³/mol. The molecule has 2 fully saturated rings. The first-order valence-corrected chi connectivity index (χ1v) is 10.8. The fourth-order valence-corrected chi connectivity index (χ4v) is 4.76. The van der Waals surface area contributed by atoms with Crippen LogP contribution in [0.4, 0.5) is 0 Å². The molecule has 162 valence electrons. The van der Waals surface area contributed by atoms with Gasteiger partial charge in [0.05, 0.1) is 0 Å². The summed E-state index contributed by atoms with van der Waals surface area (Å²) in [5.41, 5.74) is 1.48. The standard InChI is InChI=1S/C22H30N2.C2H2O4/c1-18-7-2-5-12-22(18)24-15-13-23(14-16-24)17-20-10-6-9-19-8-3-4-11-21(19)20;3-1(4)2(5)6/h3-4,6,8-11,18,22H,2,5,7,12-17H2,1H3;(H,3,4)(H,5,6). The van der Waals surface area contributed by atoms with Crippen molar-refractivity contribution in [3.05, 3.63) is 48.0 Å². The molecule has 0 spiro atoms. The summed E-state index contributed by atoms with van der Waals surface area (Å²) in [7, 11) is 0. The van der Waals surface area contributed by atoms with Crippen LogP contribution in [-0.2, 0) is 16.1 Å². The van der Waals surface area contributed by atoms with Crippen molar-refractivity contribution in [2.75, 3.05) is 26.2 Å². The lowest BCUT2D eigenvalue weighted by atomic mass is 9.84. The van der Waals surface area contributed by atoms with Crippen LogP contribution in [0.5, 0.6) is 0 Å². The van der Waals surface area contributed by atoms with Crippen LogP contribution >= 0.6 is 0 Å². The highest BCUT2D eigenvalue weighted by Gasteiger charge is 2.29. The van der Waals surface area contributed by atoms with Crippen molar-refractivity contribution in [2.24, 2.45) is 5.92 Å². The Morgan fingerprint density at radius 3 is 2.20 bits per heavy atom. The molecule has 1 aliphatic carbocycles. The van der Waals surface area contributed by atoms with Gasteiger partial charge in [0.1, 0.15) is 0 Å². The minimum atomic E-state index is -1.82. The topological polar surface area (TPSA) is 81.1 Å². The van der Waals surface area contributed by atoms with Gasteiger partial charge >= 0.3 is 11.9 Å². The van der Waals surface area contributed by atoms with E-state index in [1.165, 1.54) is 68.2 Å². The molecular weight excluding hydrogens is 380 g/mol. The molecule has 2 N–H and O–H groups in total. The maximum absolute atomic E-state index is 9.10. The number of rotatable bonds is 3. The first kappa shape index (κ1) is 22.2. The van der Waals surface area contributed by atoms with E-state index in [1.54, 1.807) is 0 Å². The first-order valence-electron chi connectivity index (χ1n) is 10.8. The predicted octanol–water partition coefficient (Wildman–Crippen LogP) is 3.69. The number of hydrogen-bond acceptors (Lipinski definition) is 4. The second-order valence-electron chi connectivity index (χ2n) is 8.39. The van der Waals surface area contributed by atoms with Crippen LogP contribution in [0.3, 0.4) is 0 Å². The number of carboxylic acid groups (broad SMARTS) is 2. The summed E-state index contributed by atoms with van der Waals surface area (Å²) in [5.74, 6) is -2.76. The van der Waals surface area contributed by atoms with Crippen molar-refractivity contribution in [1.82, 2.24) is 9.80 Å². The number of nitrogens with zero attached hydrogens (tertiary/aromatic N) is 2. The van der Waals surface area contributed by atoms with Gasteiger partial charge < -0.3 is 10.2 Å². The van der Waals surface area contributed by atoms with Gasteiger partial charge in [-0.25, -0.2) is 9.59 Å². The van der Waals surface area contributed by atoms with Crippen LogP contribution in [0.2, 0.25) is 0 Å². The van der Waals surface area contributed by atoms with Gasteiger partial charge in [-0.05, 0) is 35.1 Å². The number of hydrogen-bond donors (Lipinski definition) is 2. The lowest BCUT2D eigenvalue weighted by molar-refractivity contribution is -0.159. The largest absolute Gasteiger partial charge is 0.473 e. The summed E-state index contributed by atoms with van der Waals surface area (Å²) < 4.78 is 0. The lowest BCUT2D eigenvalue weighted by Gasteiger charge is -2.43. The Kier molecular flexibility index (Phi) is 7.82. The molecule has 2 aliphatic rings. The molecule has 1 saturated heterocycles. The van der Waals surface area contributed by atoms with Gasteiger partial charge in [-0.15, -0.1) is 0 Å². The molecule has 2 aromatic carbocycles. The third-order valence-corrected chi connectivity index (χ3v) is 6.40. The van der Waals surface area contributed by atoms with Gasteiger partial charge in [-0.2, -0.15) is 0 Å². The van der Waals surface area contributed by atoms with Gasteiger partial charge in [0.15, 0.2) is 0 Å². The summed E-state index contributed by atoms with van der Waals surface area (Å²) in [6, 6.07) is 16.4. The maximum Gasteiger partial charge on any atom is 0.414 e. The zero-order chi connectivity index (χ0) is 21.5. The van der Waals surface area contributed by atoms with Crippen LogP contribution < -0.4 is 0 Å². The van der Waals surface area contributed by atoms with Crippen LogP contribution in [0, 0.1) is 5.92 Å². The van der Waals surface area contributed by atoms with Crippen molar-refractivity contribution in [2.45, 2.75) is 45.2 Å². The highest BCUT2D eigenvalue weighted by molar-refractivity contribution is 6.27. The van der Waals surface area contributed by atoms with E-state index in [0.29, 0.717) is 0 Å². The smallest absolute Gasteiger partial charge is 0.414 e. The molecule has 2 atom stereocenters. The van der Waals surface area contributed by atoms with E-state index in [1.807, 2.05) is 0 Å². The number of piperazine rings is 1. The molecule has 6 heteroatoms. The van der Waals surface area contributed by atoms with Crippen molar-refractivity contribution in [1.29, 1.82) is 0 Å². The normalized spacial score (nSPS) is 22.8. The lowest BCUT2D eigenvalue weighted by Crippen LogP contribution is -2.52. The summed E-state index contributed by atoms with van der Waals surface area (Å²) in [6.45, 7) is 8.49. The van der Waals surface area contributed by atoms with E-state index < -0.39 is 11.9 Å². The summed E-state index contributed by atoms with van der Waals surface area (Å²) >= 11 is 0. The van der Waals surface area contributed by atoms with E-state index in [2.05, 4.69) is 59.2 Å². The van der Waals surface area contributed by atoms with E-state index in [4.69, 9.17) is 19.8 Å². The van der Waals surface area contributed by atoms with E-state index >= 15 is 0 Å². The fraction of sp³-hybridized carbons (Fsp3) is 0.500. The molecule has 6 nitrogen and oxygen atoms in total. The molecule has 0 amide bonds. The third-order valence-electron chi connectivity index (χ3n) is 6.40. The molecule has 1 heterocycles. The molecule has 0 bridgehead atoms. The molecule has 2 unspecified atom stereocenters. The molecule has 2 aromatic rings. The summed E-state index contributed by atoms with van der Waals surface area (Å²) in [4.78, 5) is 23.6. The molecule has 0 aromatic heterocycles. The van der Waals surface area contributed by atoms with Crippen LogP contribution in [0.1, 0.15) is 38.2 Å². The quantitative estimate of drug-likeness (QED) is 0.749. The number of carboxylic acids is 2. The minimum absolute atomic E-state index is 0.846. The molecule has 1 saturated carbocycles. The highest BCUT2D eigenvalue weighted by Crippen LogP contribution is 2.29. The first-order chi connectivity index (χ1) is 14.5. The zero-order valence-electron chi connectivity index (χ0n) is 17.7. The van der Waals surface area contributed by atoms with Gasteiger partial charge in [-0.3, -0.25) is 9.80 Å². The number of carbonyl (C=O) groups is 2. The highest BCUT2D eigenvalue weighted by atomic mass is 16.4. The Morgan fingerprint density at radius 2 is 1.53 bits per heavy atom. The van der Waals surface area contributed by atoms with Gasteiger partial charge in [-0.1, -0.05) is 62.2 Å².